The maximum atomic E-state index is 2.44. The second kappa shape index (κ2) is 4.99. The van der Waals surface area contributed by atoms with Crippen molar-refractivity contribution in [3.63, 3.8) is 0 Å². The highest BCUT2D eigenvalue weighted by Gasteiger charge is 2.47. The molecule has 0 saturated carbocycles. The van der Waals surface area contributed by atoms with Gasteiger partial charge in [0, 0.05) is 5.54 Å². The lowest BCUT2D eigenvalue weighted by Crippen LogP contribution is -2.50. The first-order chi connectivity index (χ1) is 10.3. The van der Waals surface area contributed by atoms with E-state index in [9.17, 15) is 0 Å². The topological polar surface area (TPSA) is 0 Å². The summed E-state index contributed by atoms with van der Waals surface area (Å²) >= 11 is 0. The highest BCUT2D eigenvalue weighted by molar-refractivity contribution is 6.94. The van der Waals surface area contributed by atoms with E-state index in [-0.39, 0.29) is 0 Å². The lowest BCUT2D eigenvalue weighted by Gasteiger charge is -2.36. The second-order valence-corrected chi connectivity index (χ2v) is 11.1. The number of hydrogen-bond acceptors (Lipinski definition) is 0. The Labute approximate surface area is 128 Å². The van der Waals surface area contributed by atoms with E-state index in [2.05, 4.69) is 67.6 Å². The van der Waals surface area contributed by atoms with Crippen LogP contribution >= 0.6 is 0 Å². The van der Waals surface area contributed by atoms with Crippen molar-refractivity contribution in [2.45, 2.75) is 37.4 Å². The van der Waals surface area contributed by atoms with E-state index in [0.717, 1.165) is 0 Å². The van der Waals surface area contributed by atoms with Crippen LogP contribution < -0.4 is 5.19 Å². The van der Waals surface area contributed by atoms with Crippen molar-refractivity contribution in [2.24, 2.45) is 0 Å². The van der Waals surface area contributed by atoms with Gasteiger partial charge in [0.1, 0.15) is 0 Å². The van der Waals surface area contributed by atoms with Crippen molar-refractivity contribution in [1.82, 2.24) is 0 Å². The lowest BCUT2D eigenvalue weighted by molar-refractivity contribution is 0.935. The van der Waals surface area contributed by atoms with Crippen LogP contribution in [0.5, 0.6) is 0 Å². The predicted molar refractivity (Wildman–Crippen MR) is 93.5 cm³/mol. The lowest BCUT2D eigenvalue weighted by atomic mass is 10.1. The summed E-state index contributed by atoms with van der Waals surface area (Å²) in [5.74, 6) is 0. The summed E-state index contributed by atoms with van der Waals surface area (Å²) in [4.78, 5) is 0. The highest BCUT2D eigenvalue weighted by atomic mass is 28.3. The van der Waals surface area contributed by atoms with Gasteiger partial charge in [0.2, 0.25) is 0 Å². The van der Waals surface area contributed by atoms with Crippen LogP contribution in [0.15, 0.2) is 60.2 Å². The van der Waals surface area contributed by atoms with Crippen molar-refractivity contribution >= 4 is 19.3 Å². The van der Waals surface area contributed by atoms with Crippen molar-refractivity contribution in [3.8, 4) is 0 Å². The van der Waals surface area contributed by atoms with E-state index in [1.54, 1.807) is 16.3 Å². The van der Waals surface area contributed by atoms with Gasteiger partial charge in [-0.05, 0) is 18.1 Å². The SMILES string of the molecule is CC1=Cc2ccccc2C1[Si]1(c2ccccc2)CCCC1. The quantitative estimate of drug-likeness (QED) is 0.692. The zero-order chi connectivity index (χ0) is 14.3. The molecular formula is C20H22Si. The maximum absolute atomic E-state index is 2.44. The first-order valence-electron chi connectivity index (χ1n) is 8.14. The zero-order valence-electron chi connectivity index (χ0n) is 12.7. The van der Waals surface area contributed by atoms with E-state index in [4.69, 9.17) is 0 Å². The molecule has 0 radical (unpaired) electrons. The molecule has 0 aromatic heterocycles. The molecule has 2 aromatic rings. The van der Waals surface area contributed by atoms with Gasteiger partial charge < -0.3 is 0 Å². The Morgan fingerprint density at radius 2 is 1.52 bits per heavy atom. The Morgan fingerprint density at radius 1 is 0.857 bits per heavy atom. The molecule has 0 amide bonds. The van der Waals surface area contributed by atoms with Crippen molar-refractivity contribution in [3.05, 3.63) is 71.3 Å². The molecule has 0 spiro atoms. The van der Waals surface area contributed by atoms with Crippen molar-refractivity contribution < 1.29 is 0 Å². The summed E-state index contributed by atoms with van der Waals surface area (Å²) in [7, 11) is -1.46. The fourth-order valence-corrected chi connectivity index (χ4v) is 10.9. The first kappa shape index (κ1) is 13.1. The van der Waals surface area contributed by atoms with Crippen LogP contribution in [0.25, 0.3) is 6.08 Å². The molecule has 1 unspecified atom stereocenters. The van der Waals surface area contributed by atoms with Gasteiger partial charge in [-0.25, -0.2) is 0 Å². The number of fused-ring (bicyclic) bond motifs is 1. The summed E-state index contributed by atoms with van der Waals surface area (Å²) in [5.41, 5.74) is 5.38. The predicted octanol–water partition coefficient (Wildman–Crippen LogP) is 4.88. The van der Waals surface area contributed by atoms with Crippen molar-refractivity contribution in [1.29, 1.82) is 0 Å². The molecule has 1 fully saturated rings. The standard InChI is InChI=1S/C20H22Si/c1-16-15-17-9-5-6-12-19(17)20(16)21(13-7-8-14-21)18-10-3-2-4-11-18/h2-6,9-12,15,20H,7-8,13-14H2,1H3. The Balaban J connectivity index is 1.88. The Kier molecular flexibility index (Phi) is 3.11. The molecule has 106 valence electrons. The van der Waals surface area contributed by atoms with Gasteiger partial charge in [-0.1, -0.05) is 96.4 Å². The molecule has 1 heteroatoms. The molecule has 0 bridgehead atoms. The largest absolute Gasteiger partial charge is 0.0982 e. The van der Waals surface area contributed by atoms with Gasteiger partial charge in [-0.3, -0.25) is 0 Å². The molecule has 2 aromatic carbocycles. The molecule has 0 N–H and O–H groups in total. The van der Waals surface area contributed by atoms with Gasteiger partial charge in [-0.2, -0.15) is 0 Å². The number of hydrogen-bond donors (Lipinski definition) is 0. The summed E-state index contributed by atoms with van der Waals surface area (Å²) < 4.78 is 0. The van der Waals surface area contributed by atoms with E-state index < -0.39 is 8.07 Å². The Bertz CT molecular complexity index is 678. The molecule has 0 nitrogen and oxygen atoms in total. The van der Waals surface area contributed by atoms with Crippen LogP contribution in [0.1, 0.15) is 36.4 Å². The molecule has 1 saturated heterocycles. The summed E-state index contributed by atoms with van der Waals surface area (Å²) in [6.07, 6.45) is 5.29. The van der Waals surface area contributed by atoms with Crippen LogP contribution in [0.2, 0.25) is 12.1 Å². The Hall–Kier alpha value is -1.60. The van der Waals surface area contributed by atoms with Crippen LogP contribution in [-0.2, 0) is 0 Å². The van der Waals surface area contributed by atoms with Gasteiger partial charge in [-0.15, -0.1) is 0 Å². The van der Waals surface area contributed by atoms with Gasteiger partial charge in [0.15, 0.2) is 0 Å². The van der Waals surface area contributed by atoms with E-state index in [1.807, 2.05) is 0 Å². The van der Waals surface area contributed by atoms with Gasteiger partial charge >= 0.3 is 0 Å². The fraction of sp³-hybridized carbons (Fsp3) is 0.300. The normalized spacial score (nSPS) is 22.9. The van der Waals surface area contributed by atoms with Gasteiger partial charge in [0.05, 0.1) is 8.07 Å². The Morgan fingerprint density at radius 3 is 2.29 bits per heavy atom. The number of allylic oxidation sites excluding steroid dienone is 1. The van der Waals surface area contributed by atoms with E-state index in [0.29, 0.717) is 5.54 Å². The number of rotatable bonds is 2. The molecule has 21 heavy (non-hydrogen) atoms. The fourth-order valence-electron chi connectivity index (χ4n) is 4.73. The minimum atomic E-state index is -1.46. The average Bonchev–Trinajstić information content (AvgIpc) is 3.12. The zero-order valence-corrected chi connectivity index (χ0v) is 13.7. The highest BCUT2D eigenvalue weighted by Crippen LogP contribution is 2.48. The number of benzene rings is 2. The minimum Gasteiger partial charge on any atom is -0.0675 e. The average molecular weight is 290 g/mol. The third-order valence-corrected chi connectivity index (χ3v) is 11.4. The van der Waals surface area contributed by atoms with E-state index in [1.165, 1.54) is 30.5 Å². The second-order valence-electron chi connectivity index (χ2n) is 6.68. The molecule has 1 atom stereocenters. The smallest absolute Gasteiger partial charge is 0.0675 e. The molecule has 1 aliphatic carbocycles. The van der Waals surface area contributed by atoms with Crippen LogP contribution in [0, 0.1) is 0 Å². The van der Waals surface area contributed by atoms with Gasteiger partial charge in [0.25, 0.3) is 0 Å². The molecular weight excluding hydrogens is 268 g/mol. The third-order valence-electron chi connectivity index (χ3n) is 5.54. The third kappa shape index (κ3) is 1.95. The summed E-state index contributed by atoms with van der Waals surface area (Å²) in [6, 6.07) is 23.4. The monoisotopic (exact) mass is 290 g/mol. The van der Waals surface area contributed by atoms with Crippen LogP contribution in [0.4, 0.5) is 0 Å². The first-order valence-corrected chi connectivity index (χ1v) is 10.6. The minimum absolute atomic E-state index is 0.707. The maximum Gasteiger partial charge on any atom is 0.0982 e. The van der Waals surface area contributed by atoms with E-state index >= 15 is 0 Å². The summed E-state index contributed by atoms with van der Waals surface area (Å²) in [5, 5.41) is 1.68. The van der Waals surface area contributed by atoms with Crippen molar-refractivity contribution in [2.75, 3.05) is 0 Å². The molecule has 4 rings (SSSR count). The molecule has 1 heterocycles. The van der Waals surface area contributed by atoms with Crippen LogP contribution in [0.3, 0.4) is 0 Å². The molecule has 1 aliphatic heterocycles. The van der Waals surface area contributed by atoms with Crippen LogP contribution in [-0.4, -0.2) is 8.07 Å². The molecule has 2 aliphatic rings. The summed E-state index contributed by atoms with van der Waals surface area (Å²) in [6.45, 7) is 2.36.